The number of nitrogens with zero attached hydrogens (tertiary/aromatic N) is 4. The van der Waals surface area contributed by atoms with Crippen molar-refractivity contribution in [2.45, 2.75) is 6.54 Å². The average molecular weight is 422 g/mol. The van der Waals surface area contributed by atoms with E-state index in [0.717, 1.165) is 45.7 Å². The molecule has 0 spiro atoms. The van der Waals surface area contributed by atoms with E-state index in [1.54, 1.807) is 12.4 Å². The van der Waals surface area contributed by atoms with Gasteiger partial charge in [0.05, 0.1) is 12.1 Å². The molecule has 3 aromatic heterocycles. The fourth-order valence-electron chi connectivity index (χ4n) is 3.68. The fourth-order valence-corrected chi connectivity index (χ4v) is 3.68. The highest BCUT2D eigenvalue weighted by Gasteiger charge is 2.11. The van der Waals surface area contributed by atoms with E-state index in [2.05, 4.69) is 39.1 Å². The summed E-state index contributed by atoms with van der Waals surface area (Å²) >= 11 is 0. The van der Waals surface area contributed by atoms with Gasteiger partial charge in [0.25, 0.3) is 0 Å². The summed E-state index contributed by atoms with van der Waals surface area (Å²) in [4.78, 5) is 13.7. The highest BCUT2D eigenvalue weighted by atomic mass is 16.5. The van der Waals surface area contributed by atoms with Crippen LogP contribution in [0, 0.1) is 0 Å². The van der Waals surface area contributed by atoms with Crippen LogP contribution in [-0.2, 0) is 6.54 Å². The van der Waals surface area contributed by atoms with Gasteiger partial charge in [-0.05, 0) is 59.7 Å². The zero-order chi connectivity index (χ0) is 21.8. The third-order valence-electron chi connectivity index (χ3n) is 5.30. The Morgan fingerprint density at radius 2 is 1.72 bits per heavy atom. The lowest BCUT2D eigenvalue weighted by atomic mass is 10.0. The van der Waals surface area contributed by atoms with Gasteiger partial charge in [0, 0.05) is 42.8 Å². The monoisotopic (exact) mass is 421 g/mol. The van der Waals surface area contributed by atoms with Crippen molar-refractivity contribution in [3.05, 3.63) is 91.5 Å². The molecule has 3 heterocycles. The molecule has 5 rings (SSSR count). The van der Waals surface area contributed by atoms with Crippen molar-refractivity contribution in [3.8, 4) is 28.3 Å². The SMILES string of the molecule is CNc1nc(-c2cccnc2)nc2ccc(-c3cccc(OCCn4cccc4)c3)cc12. The Kier molecular flexibility index (Phi) is 5.49. The minimum absolute atomic E-state index is 0.616. The van der Waals surface area contributed by atoms with E-state index in [0.29, 0.717) is 12.4 Å². The maximum Gasteiger partial charge on any atom is 0.163 e. The van der Waals surface area contributed by atoms with Crippen LogP contribution in [0.1, 0.15) is 0 Å². The Morgan fingerprint density at radius 1 is 0.875 bits per heavy atom. The minimum Gasteiger partial charge on any atom is -0.492 e. The first-order valence-electron chi connectivity index (χ1n) is 10.5. The van der Waals surface area contributed by atoms with Crippen molar-refractivity contribution in [2.24, 2.45) is 0 Å². The molecule has 32 heavy (non-hydrogen) atoms. The standard InChI is InChI=1S/C26H23N5O/c1-27-26-23-17-20(9-10-24(23)29-25(30-26)21-7-5-11-28-18-21)19-6-4-8-22(16-19)32-15-14-31-12-2-3-13-31/h2-13,16-18H,14-15H2,1H3,(H,27,29,30). The lowest BCUT2D eigenvalue weighted by molar-refractivity contribution is 0.298. The average Bonchev–Trinajstić information content (AvgIpc) is 3.37. The second-order valence-electron chi connectivity index (χ2n) is 7.42. The first-order chi connectivity index (χ1) is 15.8. The summed E-state index contributed by atoms with van der Waals surface area (Å²) in [5.41, 5.74) is 3.94. The number of ether oxygens (including phenoxy) is 1. The number of hydrogen-bond donors (Lipinski definition) is 1. The van der Waals surface area contributed by atoms with E-state index < -0.39 is 0 Å². The Labute approximate surface area is 186 Å². The zero-order valence-corrected chi connectivity index (χ0v) is 17.8. The van der Waals surface area contributed by atoms with Crippen molar-refractivity contribution in [2.75, 3.05) is 19.0 Å². The molecule has 0 atom stereocenters. The van der Waals surface area contributed by atoms with E-state index in [9.17, 15) is 0 Å². The minimum atomic E-state index is 0.616. The summed E-state index contributed by atoms with van der Waals surface area (Å²) in [5.74, 6) is 2.29. The third kappa shape index (κ3) is 4.16. The molecule has 0 bridgehead atoms. The summed E-state index contributed by atoms with van der Waals surface area (Å²) in [6.45, 7) is 1.43. The Bertz CT molecular complexity index is 1330. The van der Waals surface area contributed by atoms with E-state index >= 15 is 0 Å². The molecule has 0 aliphatic heterocycles. The predicted molar refractivity (Wildman–Crippen MR) is 128 cm³/mol. The molecule has 1 N–H and O–H groups in total. The van der Waals surface area contributed by atoms with Crippen LogP contribution in [0.15, 0.2) is 91.5 Å². The molecule has 5 aromatic rings. The highest BCUT2D eigenvalue weighted by molar-refractivity contribution is 5.94. The maximum atomic E-state index is 5.97. The summed E-state index contributed by atoms with van der Waals surface area (Å²) < 4.78 is 8.08. The molecule has 0 amide bonds. The number of aromatic nitrogens is 4. The molecule has 0 saturated carbocycles. The Morgan fingerprint density at radius 3 is 2.53 bits per heavy atom. The van der Waals surface area contributed by atoms with Crippen LogP contribution in [0.5, 0.6) is 5.75 Å². The van der Waals surface area contributed by atoms with Gasteiger partial charge in [0.1, 0.15) is 18.2 Å². The summed E-state index contributed by atoms with van der Waals surface area (Å²) in [6, 6.07) is 22.3. The van der Waals surface area contributed by atoms with Crippen molar-refractivity contribution >= 4 is 16.7 Å². The van der Waals surface area contributed by atoms with Crippen LogP contribution < -0.4 is 10.1 Å². The second-order valence-corrected chi connectivity index (χ2v) is 7.42. The molecule has 0 saturated heterocycles. The van der Waals surface area contributed by atoms with Gasteiger partial charge in [-0.15, -0.1) is 0 Å². The van der Waals surface area contributed by atoms with Crippen LogP contribution in [0.4, 0.5) is 5.82 Å². The van der Waals surface area contributed by atoms with Gasteiger partial charge in [0.2, 0.25) is 0 Å². The fraction of sp³-hybridized carbons (Fsp3) is 0.115. The largest absolute Gasteiger partial charge is 0.492 e. The molecular formula is C26H23N5O. The molecule has 6 nitrogen and oxygen atoms in total. The second kappa shape index (κ2) is 8.89. The summed E-state index contributed by atoms with van der Waals surface area (Å²) in [6.07, 6.45) is 7.59. The smallest absolute Gasteiger partial charge is 0.163 e. The van der Waals surface area contributed by atoms with Gasteiger partial charge in [0.15, 0.2) is 5.82 Å². The summed E-state index contributed by atoms with van der Waals surface area (Å²) in [7, 11) is 1.88. The van der Waals surface area contributed by atoms with Gasteiger partial charge in [-0.3, -0.25) is 4.98 Å². The topological polar surface area (TPSA) is 64.9 Å². The van der Waals surface area contributed by atoms with Crippen LogP contribution in [0.25, 0.3) is 33.4 Å². The number of fused-ring (bicyclic) bond motifs is 1. The molecule has 0 aliphatic carbocycles. The molecule has 0 aliphatic rings. The highest BCUT2D eigenvalue weighted by Crippen LogP contribution is 2.30. The molecule has 0 unspecified atom stereocenters. The van der Waals surface area contributed by atoms with Crippen molar-refractivity contribution < 1.29 is 4.74 Å². The Hall–Kier alpha value is -4.19. The summed E-state index contributed by atoms with van der Waals surface area (Å²) in [5, 5.41) is 4.18. The Balaban J connectivity index is 1.43. The quantitative estimate of drug-likeness (QED) is 0.387. The first-order valence-corrected chi connectivity index (χ1v) is 10.5. The van der Waals surface area contributed by atoms with E-state index in [-0.39, 0.29) is 0 Å². The maximum absolute atomic E-state index is 5.97. The van der Waals surface area contributed by atoms with Crippen molar-refractivity contribution in [3.63, 3.8) is 0 Å². The van der Waals surface area contributed by atoms with Gasteiger partial charge >= 0.3 is 0 Å². The molecule has 0 fully saturated rings. The lowest BCUT2D eigenvalue weighted by Crippen LogP contribution is -2.06. The van der Waals surface area contributed by atoms with Gasteiger partial charge in [-0.25, -0.2) is 9.97 Å². The molecular weight excluding hydrogens is 398 g/mol. The normalized spacial score (nSPS) is 10.9. The first kappa shape index (κ1) is 19.8. The van der Waals surface area contributed by atoms with E-state index in [1.807, 2.05) is 61.9 Å². The van der Waals surface area contributed by atoms with Crippen LogP contribution in [-0.4, -0.2) is 33.2 Å². The predicted octanol–water partition coefficient (Wildman–Crippen LogP) is 5.28. The van der Waals surface area contributed by atoms with Gasteiger partial charge in [-0.2, -0.15) is 0 Å². The number of hydrogen-bond acceptors (Lipinski definition) is 5. The van der Waals surface area contributed by atoms with Crippen LogP contribution >= 0.6 is 0 Å². The van der Waals surface area contributed by atoms with Gasteiger partial charge in [-0.1, -0.05) is 18.2 Å². The van der Waals surface area contributed by atoms with Crippen molar-refractivity contribution in [1.82, 2.24) is 19.5 Å². The number of anilines is 1. The number of pyridine rings is 1. The number of benzene rings is 2. The number of nitrogens with one attached hydrogen (secondary N) is 1. The molecule has 2 aromatic carbocycles. The van der Waals surface area contributed by atoms with Crippen molar-refractivity contribution in [1.29, 1.82) is 0 Å². The van der Waals surface area contributed by atoms with E-state index in [1.165, 1.54) is 0 Å². The molecule has 0 radical (unpaired) electrons. The number of rotatable bonds is 7. The third-order valence-corrected chi connectivity index (χ3v) is 5.30. The van der Waals surface area contributed by atoms with Crippen LogP contribution in [0.2, 0.25) is 0 Å². The zero-order valence-electron chi connectivity index (χ0n) is 17.8. The molecule has 6 heteroatoms. The van der Waals surface area contributed by atoms with E-state index in [4.69, 9.17) is 14.7 Å². The van der Waals surface area contributed by atoms with Crippen LogP contribution in [0.3, 0.4) is 0 Å². The molecule has 158 valence electrons. The van der Waals surface area contributed by atoms with Gasteiger partial charge < -0.3 is 14.6 Å². The lowest BCUT2D eigenvalue weighted by Gasteiger charge is -2.11.